The molecule has 1 aromatic carbocycles. The SMILES string of the molecule is COc1cc([N+](=O)[O-])ccc1NC(=O)COC(=O)CCN1C(=O)NC(C)(C)C1=O. The molecule has 1 aliphatic rings. The number of urea groups is 1. The third kappa shape index (κ3) is 5.18. The Labute approximate surface area is 165 Å². The smallest absolute Gasteiger partial charge is 0.325 e. The van der Waals surface area contributed by atoms with E-state index >= 15 is 0 Å². The maximum atomic E-state index is 12.0. The number of hydrogen-bond acceptors (Lipinski definition) is 8. The van der Waals surface area contributed by atoms with Gasteiger partial charge in [-0.3, -0.25) is 29.4 Å². The number of non-ortho nitro benzene ring substituents is 1. The Kier molecular flexibility index (Phi) is 6.36. The standard InChI is InChI=1S/C17H20N4O8/c1-17(2)15(24)20(16(25)19-17)7-6-14(23)29-9-13(22)18-11-5-4-10(21(26)27)8-12(11)28-3/h4-5,8H,6-7,9H2,1-3H3,(H,18,22)(H,19,25). The summed E-state index contributed by atoms with van der Waals surface area (Å²) in [6.45, 7) is 2.29. The third-order valence-electron chi connectivity index (χ3n) is 4.02. The lowest BCUT2D eigenvalue weighted by atomic mass is 10.1. The zero-order chi connectivity index (χ0) is 21.8. The molecular formula is C17H20N4O8. The number of imide groups is 1. The summed E-state index contributed by atoms with van der Waals surface area (Å²) in [5.74, 6) is -1.86. The van der Waals surface area contributed by atoms with Gasteiger partial charge in [0.2, 0.25) is 0 Å². The molecule has 0 bridgehead atoms. The highest BCUT2D eigenvalue weighted by Crippen LogP contribution is 2.28. The largest absolute Gasteiger partial charge is 0.494 e. The molecule has 2 N–H and O–H groups in total. The molecule has 2 rings (SSSR count). The van der Waals surface area contributed by atoms with Crippen LogP contribution in [0.3, 0.4) is 0 Å². The number of hydrogen-bond donors (Lipinski definition) is 2. The van der Waals surface area contributed by atoms with Gasteiger partial charge in [-0.25, -0.2) is 4.79 Å². The Morgan fingerprint density at radius 3 is 2.55 bits per heavy atom. The third-order valence-corrected chi connectivity index (χ3v) is 4.02. The van der Waals surface area contributed by atoms with Crippen LogP contribution in [0, 0.1) is 10.1 Å². The summed E-state index contributed by atoms with van der Waals surface area (Å²) in [6.07, 6.45) is -0.274. The van der Waals surface area contributed by atoms with Crippen LogP contribution in [0.15, 0.2) is 18.2 Å². The maximum absolute atomic E-state index is 12.0. The van der Waals surface area contributed by atoms with Gasteiger partial charge >= 0.3 is 12.0 Å². The van der Waals surface area contributed by atoms with Crippen molar-refractivity contribution in [3.63, 3.8) is 0 Å². The highest BCUT2D eigenvalue weighted by atomic mass is 16.6. The summed E-state index contributed by atoms with van der Waals surface area (Å²) in [5.41, 5.74) is -1.08. The summed E-state index contributed by atoms with van der Waals surface area (Å²) in [7, 11) is 1.28. The molecule has 0 spiro atoms. The lowest BCUT2D eigenvalue weighted by Crippen LogP contribution is -2.40. The highest BCUT2D eigenvalue weighted by Gasteiger charge is 2.44. The summed E-state index contributed by atoms with van der Waals surface area (Å²) in [6, 6.07) is 3.01. The number of nitrogens with one attached hydrogen (secondary N) is 2. The first-order valence-electron chi connectivity index (χ1n) is 8.47. The summed E-state index contributed by atoms with van der Waals surface area (Å²) in [5, 5.41) is 15.7. The van der Waals surface area contributed by atoms with Gasteiger partial charge in [-0.15, -0.1) is 0 Å². The fourth-order valence-electron chi connectivity index (χ4n) is 2.53. The molecule has 156 valence electrons. The normalized spacial score (nSPS) is 14.9. The Balaban J connectivity index is 1.83. The van der Waals surface area contributed by atoms with Crippen LogP contribution in [0.4, 0.5) is 16.2 Å². The van der Waals surface area contributed by atoms with E-state index in [0.29, 0.717) is 0 Å². The number of esters is 1. The molecule has 1 fully saturated rings. The molecule has 12 heteroatoms. The molecular weight excluding hydrogens is 388 g/mol. The number of ether oxygens (including phenoxy) is 2. The van der Waals surface area contributed by atoms with Crippen molar-refractivity contribution in [2.24, 2.45) is 0 Å². The number of nitrogens with zero attached hydrogens (tertiary/aromatic N) is 2. The van der Waals surface area contributed by atoms with Gasteiger partial charge in [0.05, 0.1) is 30.2 Å². The van der Waals surface area contributed by atoms with E-state index in [0.717, 1.165) is 11.0 Å². The van der Waals surface area contributed by atoms with Crippen LogP contribution >= 0.6 is 0 Å². The van der Waals surface area contributed by atoms with Gasteiger partial charge in [0.25, 0.3) is 17.5 Å². The van der Waals surface area contributed by atoms with Crippen molar-refractivity contribution < 1.29 is 33.6 Å². The zero-order valence-corrected chi connectivity index (χ0v) is 16.0. The molecule has 29 heavy (non-hydrogen) atoms. The zero-order valence-electron chi connectivity index (χ0n) is 16.0. The molecule has 1 saturated heterocycles. The molecule has 0 radical (unpaired) electrons. The minimum atomic E-state index is -1.04. The molecule has 12 nitrogen and oxygen atoms in total. The van der Waals surface area contributed by atoms with Crippen molar-refractivity contribution >= 4 is 35.2 Å². The van der Waals surface area contributed by atoms with E-state index in [1.807, 2.05) is 0 Å². The molecule has 4 amide bonds. The van der Waals surface area contributed by atoms with E-state index in [4.69, 9.17) is 9.47 Å². The Morgan fingerprint density at radius 2 is 2.00 bits per heavy atom. The lowest BCUT2D eigenvalue weighted by Gasteiger charge is -2.15. The van der Waals surface area contributed by atoms with Gasteiger partial charge in [0, 0.05) is 12.6 Å². The average Bonchev–Trinajstić information content (AvgIpc) is 2.85. The molecule has 0 unspecified atom stereocenters. The van der Waals surface area contributed by atoms with Crippen LogP contribution < -0.4 is 15.4 Å². The quantitative estimate of drug-likeness (QED) is 0.277. The van der Waals surface area contributed by atoms with Crippen LogP contribution in [0.25, 0.3) is 0 Å². The van der Waals surface area contributed by atoms with Gasteiger partial charge < -0.3 is 20.1 Å². The number of methoxy groups -OCH3 is 1. The van der Waals surface area contributed by atoms with E-state index < -0.39 is 40.9 Å². The second kappa shape index (κ2) is 8.54. The summed E-state index contributed by atoms with van der Waals surface area (Å²) in [4.78, 5) is 58.6. The van der Waals surface area contributed by atoms with Gasteiger partial charge in [-0.05, 0) is 19.9 Å². The number of anilines is 1. The topological polar surface area (TPSA) is 157 Å². The number of rotatable bonds is 8. The van der Waals surface area contributed by atoms with E-state index in [2.05, 4.69) is 10.6 Å². The van der Waals surface area contributed by atoms with Crippen LogP contribution in [0.5, 0.6) is 5.75 Å². The highest BCUT2D eigenvalue weighted by molar-refractivity contribution is 6.06. The fourth-order valence-corrected chi connectivity index (χ4v) is 2.53. The summed E-state index contributed by atoms with van der Waals surface area (Å²) < 4.78 is 9.82. The van der Waals surface area contributed by atoms with Crippen LogP contribution in [0.2, 0.25) is 0 Å². The van der Waals surface area contributed by atoms with Crippen molar-refractivity contribution in [3.05, 3.63) is 28.3 Å². The maximum Gasteiger partial charge on any atom is 0.325 e. The van der Waals surface area contributed by atoms with E-state index in [9.17, 15) is 29.3 Å². The van der Waals surface area contributed by atoms with Gasteiger partial charge in [0.15, 0.2) is 6.61 Å². The predicted octanol–water partition coefficient (Wildman–Crippen LogP) is 0.806. The van der Waals surface area contributed by atoms with Gasteiger partial charge in [-0.2, -0.15) is 0 Å². The van der Waals surface area contributed by atoms with Crippen molar-refractivity contribution in [1.29, 1.82) is 0 Å². The monoisotopic (exact) mass is 408 g/mol. The van der Waals surface area contributed by atoms with E-state index in [1.54, 1.807) is 13.8 Å². The Morgan fingerprint density at radius 1 is 1.31 bits per heavy atom. The molecule has 0 saturated carbocycles. The first-order chi connectivity index (χ1) is 13.5. The Bertz CT molecular complexity index is 867. The van der Waals surface area contributed by atoms with Crippen molar-refractivity contribution in [2.75, 3.05) is 25.6 Å². The lowest BCUT2D eigenvalue weighted by molar-refractivity contribution is -0.384. The molecule has 1 heterocycles. The van der Waals surface area contributed by atoms with Crippen LogP contribution in [-0.4, -0.2) is 59.4 Å². The fraction of sp³-hybridized carbons (Fsp3) is 0.412. The molecule has 0 aromatic heterocycles. The minimum Gasteiger partial charge on any atom is -0.494 e. The van der Waals surface area contributed by atoms with Crippen molar-refractivity contribution in [1.82, 2.24) is 10.2 Å². The molecule has 1 aromatic rings. The number of nitro benzene ring substituents is 1. The second-order valence-electron chi connectivity index (χ2n) is 6.61. The van der Waals surface area contributed by atoms with E-state index in [1.165, 1.54) is 19.2 Å². The predicted molar refractivity (Wildman–Crippen MR) is 98.2 cm³/mol. The van der Waals surface area contributed by atoms with Gasteiger partial charge in [-0.1, -0.05) is 0 Å². The van der Waals surface area contributed by atoms with Crippen molar-refractivity contribution in [2.45, 2.75) is 25.8 Å². The molecule has 1 aliphatic heterocycles. The number of amides is 4. The van der Waals surface area contributed by atoms with Crippen molar-refractivity contribution in [3.8, 4) is 5.75 Å². The first-order valence-corrected chi connectivity index (χ1v) is 8.47. The van der Waals surface area contributed by atoms with Crippen LogP contribution in [0.1, 0.15) is 20.3 Å². The van der Waals surface area contributed by atoms with Gasteiger partial charge in [0.1, 0.15) is 11.3 Å². The Hall–Kier alpha value is -3.70. The second-order valence-corrected chi connectivity index (χ2v) is 6.61. The average molecular weight is 408 g/mol. The number of nitro groups is 1. The number of carbonyl (C=O) groups excluding carboxylic acids is 4. The van der Waals surface area contributed by atoms with E-state index in [-0.39, 0.29) is 30.1 Å². The number of benzene rings is 1. The summed E-state index contributed by atoms with van der Waals surface area (Å²) >= 11 is 0. The molecule has 0 aliphatic carbocycles. The minimum absolute atomic E-state index is 0.0695. The van der Waals surface area contributed by atoms with Crippen LogP contribution in [-0.2, 0) is 19.1 Å². The number of carbonyl (C=O) groups is 4. The molecule has 0 atom stereocenters. The first kappa shape index (κ1) is 21.6.